The normalized spacial score (nSPS) is 10.8. The second-order valence-corrected chi connectivity index (χ2v) is 5.18. The molecule has 0 aliphatic heterocycles. The van der Waals surface area contributed by atoms with E-state index in [0.29, 0.717) is 5.82 Å². The molecule has 0 saturated carbocycles. The van der Waals surface area contributed by atoms with Gasteiger partial charge in [-0.2, -0.15) is 0 Å². The molecule has 0 amide bonds. The highest BCUT2D eigenvalue weighted by molar-refractivity contribution is 5.69. The standard InChI is InChI=1S/C16H22N4/c1-5-20(13-9-7-6-8-12(13)4)16-14(11(2)3)15(17)18-10-19-16/h6-11H,5H2,1-4H3,(H2,17,18,19). The average molecular weight is 270 g/mol. The van der Waals surface area contributed by atoms with Crippen LogP contribution in [0.15, 0.2) is 30.6 Å². The summed E-state index contributed by atoms with van der Waals surface area (Å²) in [7, 11) is 0. The maximum atomic E-state index is 6.05. The van der Waals surface area contributed by atoms with Gasteiger partial charge in [0, 0.05) is 17.8 Å². The number of aryl methyl sites for hydroxylation is 1. The van der Waals surface area contributed by atoms with E-state index in [1.54, 1.807) is 0 Å². The summed E-state index contributed by atoms with van der Waals surface area (Å²) in [5, 5.41) is 0. The Morgan fingerprint density at radius 2 is 1.90 bits per heavy atom. The van der Waals surface area contributed by atoms with Crippen LogP contribution in [-0.2, 0) is 0 Å². The fourth-order valence-corrected chi connectivity index (χ4v) is 2.47. The summed E-state index contributed by atoms with van der Waals surface area (Å²) in [5.41, 5.74) is 9.45. The van der Waals surface area contributed by atoms with E-state index >= 15 is 0 Å². The van der Waals surface area contributed by atoms with E-state index in [-0.39, 0.29) is 5.92 Å². The molecule has 0 unspecified atom stereocenters. The summed E-state index contributed by atoms with van der Waals surface area (Å²) in [5.74, 6) is 1.76. The molecule has 0 bridgehead atoms. The number of nitrogens with zero attached hydrogens (tertiary/aromatic N) is 3. The second-order valence-electron chi connectivity index (χ2n) is 5.18. The Balaban J connectivity index is 2.59. The summed E-state index contributed by atoms with van der Waals surface area (Å²) < 4.78 is 0. The number of hydrogen-bond donors (Lipinski definition) is 1. The van der Waals surface area contributed by atoms with Crippen LogP contribution < -0.4 is 10.6 Å². The minimum Gasteiger partial charge on any atom is -0.383 e. The first-order valence-electron chi connectivity index (χ1n) is 6.99. The zero-order valence-electron chi connectivity index (χ0n) is 12.6. The molecule has 1 heterocycles. The van der Waals surface area contributed by atoms with Gasteiger partial charge in [0.15, 0.2) is 0 Å². The van der Waals surface area contributed by atoms with Gasteiger partial charge in [0.2, 0.25) is 0 Å². The van der Waals surface area contributed by atoms with Gasteiger partial charge >= 0.3 is 0 Å². The molecule has 106 valence electrons. The largest absolute Gasteiger partial charge is 0.383 e. The first-order valence-corrected chi connectivity index (χ1v) is 6.99. The van der Waals surface area contributed by atoms with Gasteiger partial charge < -0.3 is 10.6 Å². The molecule has 0 aliphatic rings. The predicted molar refractivity (Wildman–Crippen MR) is 84.4 cm³/mol. The summed E-state index contributed by atoms with van der Waals surface area (Å²) in [6.07, 6.45) is 1.54. The van der Waals surface area contributed by atoms with Crippen LogP contribution in [0, 0.1) is 6.92 Å². The van der Waals surface area contributed by atoms with Gasteiger partial charge in [-0.1, -0.05) is 32.0 Å². The van der Waals surface area contributed by atoms with Crippen LogP contribution in [0.5, 0.6) is 0 Å². The van der Waals surface area contributed by atoms with Crippen molar-refractivity contribution in [1.29, 1.82) is 0 Å². The topological polar surface area (TPSA) is 55.0 Å². The van der Waals surface area contributed by atoms with Crippen molar-refractivity contribution in [2.75, 3.05) is 17.2 Å². The van der Waals surface area contributed by atoms with Crippen LogP contribution in [0.1, 0.15) is 37.8 Å². The van der Waals surface area contributed by atoms with Gasteiger partial charge in [0.1, 0.15) is 18.0 Å². The Bertz CT molecular complexity index is 593. The van der Waals surface area contributed by atoms with Gasteiger partial charge in [0.25, 0.3) is 0 Å². The van der Waals surface area contributed by atoms with Crippen LogP contribution in [0.4, 0.5) is 17.3 Å². The first-order chi connectivity index (χ1) is 9.56. The lowest BCUT2D eigenvalue weighted by Gasteiger charge is -2.27. The van der Waals surface area contributed by atoms with Crippen LogP contribution in [-0.4, -0.2) is 16.5 Å². The Morgan fingerprint density at radius 3 is 2.50 bits per heavy atom. The number of benzene rings is 1. The highest BCUT2D eigenvalue weighted by atomic mass is 15.2. The van der Waals surface area contributed by atoms with Gasteiger partial charge in [-0.3, -0.25) is 0 Å². The molecule has 0 radical (unpaired) electrons. The molecule has 2 rings (SSSR count). The van der Waals surface area contributed by atoms with Crippen LogP contribution in [0.2, 0.25) is 0 Å². The Labute approximate surface area is 120 Å². The molecule has 0 fully saturated rings. The van der Waals surface area contributed by atoms with Crippen LogP contribution in [0.3, 0.4) is 0 Å². The Hall–Kier alpha value is -2.10. The molecule has 0 saturated heterocycles. The van der Waals surface area contributed by atoms with E-state index in [1.807, 2.05) is 12.1 Å². The minimum atomic E-state index is 0.282. The van der Waals surface area contributed by atoms with Crippen molar-refractivity contribution >= 4 is 17.3 Å². The summed E-state index contributed by atoms with van der Waals surface area (Å²) in [6, 6.07) is 8.31. The molecule has 0 spiro atoms. The maximum absolute atomic E-state index is 6.05. The fraction of sp³-hybridized carbons (Fsp3) is 0.375. The van der Waals surface area contributed by atoms with Crippen molar-refractivity contribution in [3.63, 3.8) is 0 Å². The molecule has 2 aromatic rings. The Kier molecular flexibility index (Phi) is 4.23. The van der Waals surface area contributed by atoms with E-state index in [2.05, 4.69) is 54.7 Å². The molecule has 1 aromatic carbocycles. The second kappa shape index (κ2) is 5.90. The summed E-state index contributed by atoms with van der Waals surface area (Å²) in [4.78, 5) is 10.8. The van der Waals surface area contributed by atoms with E-state index in [9.17, 15) is 0 Å². The first kappa shape index (κ1) is 14.3. The lowest BCUT2D eigenvalue weighted by molar-refractivity contribution is 0.833. The molecule has 0 aliphatic carbocycles. The molecule has 4 heteroatoms. The number of nitrogens with two attached hydrogens (primary N) is 1. The fourth-order valence-electron chi connectivity index (χ4n) is 2.47. The average Bonchev–Trinajstić information content (AvgIpc) is 2.41. The molecule has 1 aromatic heterocycles. The predicted octanol–water partition coefficient (Wildman–Crippen LogP) is 3.65. The smallest absolute Gasteiger partial charge is 0.142 e. The van der Waals surface area contributed by atoms with Crippen LogP contribution >= 0.6 is 0 Å². The van der Waals surface area contributed by atoms with Gasteiger partial charge in [-0.05, 0) is 31.4 Å². The quantitative estimate of drug-likeness (QED) is 0.921. The zero-order chi connectivity index (χ0) is 14.7. The van der Waals surface area contributed by atoms with Gasteiger partial charge in [0.05, 0.1) is 0 Å². The summed E-state index contributed by atoms with van der Waals surface area (Å²) >= 11 is 0. The lowest BCUT2D eigenvalue weighted by atomic mass is 10.0. The minimum absolute atomic E-state index is 0.282. The monoisotopic (exact) mass is 270 g/mol. The Morgan fingerprint density at radius 1 is 1.20 bits per heavy atom. The van der Waals surface area contributed by atoms with E-state index in [4.69, 9.17) is 5.73 Å². The molecule has 2 N–H and O–H groups in total. The van der Waals surface area contributed by atoms with Crippen molar-refractivity contribution in [1.82, 2.24) is 9.97 Å². The van der Waals surface area contributed by atoms with Crippen LogP contribution in [0.25, 0.3) is 0 Å². The van der Waals surface area contributed by atoms with Crippen molar-refractivity contribution in [2.24, 2.45) is 0 Å². The third-order valence-electron chi connectivity index (χ3n) is 3.45. The third-order valence-corrected chi connectivity index (χ3v) is 3.45. The molecular formula is C16H22N4. The van der Waals surface area contributed by atoms with Crippen molar-refractivity contribution in [2.45, 2.75) is 33.6 Å². The maximum Gasteiger partial charge on any atom is 0.142 e. The SMILES string of the molecule is CCN(c1ccccc1C)c1ncnc(N)c1C(C)C. The highest BCUT2D eigenvalue weighted by Gasteiger charge is 2.19. The van der Waals surface area contributed by atoms with Gasteiger partial charge in [-0.15, -0.1) is 0 Å². The number of hydrogen-bond acceptors (Lipinski definition) is 4. The van der Waals surface area contributed by atoms with Crippen molar-refractivity contribution in [3.8, 4) is 0 Å². The zero-order valence-corrected chi connectivity index (χ0v) is 12.6. The van der Waals surface area contributed by atoms with E-state index < -0.39 is 0 Å². The number of para-hydroxylation sites is 1. The van der Waals surface area contributed by atoms with Gasteiger partial charge in [-0.25, -0.2) is 9.97 Å². The number of anilines is 3. The van der Waals surface area contributed by atoms with Crippen molar-refractivity contribution in [3.05, 3.63) is 41.7 Å². The van der Waals surface area contributed by atoms with E-state index in [1.165, 1.54) is 11.9 Å². The number of aromatic nitrogens is 2. The van der Waals surface area contributed by atoms with E-state index in [0.717, 1.165) is 23.6 Å². The lowest BCUT2D eigenvalue weighted by Crippen LogP contribution is -2.21. The third kappa shape index (κ3) is 2.59. The molecule has 20 heavy (non-hydrogen) atoms. The molecular weight excluding hydrogens is 248 g/mol. The molecule has 4 nitrogen and oxygen atoms in total. The number of nitrogen functional groups attached to an aromatic ring is 1. The number of rotatable bonds is 4. The summed E-state index contributed by atoms with van der Waals surface area (Å²) in [6.45, 7) is 9.29. The molecule has 0 atom stereocenters. The van der Waals surface area contributed by atoms with Crippen molar-refractivity contribution < 1.29 is 0 Å². The highest BCUT2D eigenvalue weighted by Crippen LogP contribution is 2.34.